The zero-order valence-electron chi connectivity index (χ0n) is 25.5. The lowest BCUT2D eigenvalue weighted by Crippen LogP contribution is -2.60. The number of carbonyl (C=O) groups is 1. The van der Waals surface area contributed by atoms with E-state index in [2.05, 4.69) is 27.7 Å². The Balaban J connectivity index is 1.02. The van der Waals surface area contributed by atoms with Gasteiger partial charge >= 0.3 is 6.03 Å². The van der Waals surface area contributed by atoms with Crippen LogP contribution in [0.4, 0.5) is 10.5 Å². The third-order valence-electron chi connectivity index (χ3n) is 10.9. The molecule has 43 heavy (non-hydrogen) atoms. The lowest BCUT2D eigenvalue weighted by molar-refractivity contribution is -0.253. The average Bonchev–Trinajstić information content (AvgIpc) is 2.98. The van der Waals surface area contributed by atoms with Gasteiger partial charge in [0.2, 0.25) is 0 Å². The Kier molecular flexibility index (Phi) is 8.77. The van der Waals surface area contributed by atoms with Crippen LogP contribution in [-0.2, 0) is 16.1 Å². The van der Waals surface area contributed by atoms with Crippen LogP contribution >= 0.6 is 0 Å². The molecule has 2 aliphatic heterocycles. The fourth-order valence-corrected chi connectivity index (χ4v) is 9.21. The van der Waals surface area contributed by atoms with E-state index >= 15 is 0 Å². The monoisotopic (exact) mass is 587 g/mol. The smallest absolute Gasteiger partial charge is 0.319 e. The number of nitrogens with one attached hydrogen (secondary N) is 2. The van der Waals surface area contributed by atoms with Crippen molar-refractivity contribution in [3.8, 4) is 0 Å². The van der Waals surface area contributed by atoms with Crippen LogP contribution in [0.1, 0.15) is 106 Å². The highest BCUT2D eigenvalue weighted by Gasteiger charge is 2.51. The van der Waals surface area contributed by atoms with Crippen molar-refractivity contribution in [2.75, 3.05) is 25.0 Å². The summed E-state index contributed by atoms with van der Waals surface area (Å²) in [5.74, 6) is 2.39. The molecule has 4 bridgehead atoms. The molecule has 4 aliphatic carbocycles. The Morgan fingerprint density at radius 2 is 1.40 bits per heavy atom. The van der Waals surface area contributed by atoms with Crippen LogP contribution in [0.2, 0.25) is 0 Å². The number of rotatable bonds is 7. The van der Waals surface area contributed by atoms with E-state index in [4.69, 9.17) is 9.47 Å². The van der Waals surface area contributed by atoms with Crippen molar-refractivity contribution in [3.63, 3.8) is 0 Å². The van der Waals surface area contributed by atoms with Crippen LogP contribution in [0.5, 0.6) is 0 Å². The number of hydrogen-bond acceptors (Lipinski definition) is 5. The van der Waals surface area contributed by atoms with E-state index < -0.39 is 6.29 Å². The Hall–Kier alpha value is -2.45. The van der Waals surface area contributed by atoms with Gasteiger partial charge in [-0.05, 0) is 105 Å². The summed E-state index contributed by atoms with van der Waals surface area (Å²) < 4.78 is 13.2. The zero-order valence-corrected chi connectivity index (χ0v) is 25.5. The maximum Gasteiger partial charge on any atom is 0.319 e. The summed E-state index contributed by atoms with van der Waals surface area (Å²) in [6.45, 7) is 3.21. The summed E-state index contributed by atoms with van der Waals surface area (Å²) in [5.41, 5.74) is 3.76. The Bertz CT molecular complexity index is 1190. The first-order chi connectivity index (χ1) is 21.0. The van der Waals surface area contributed by atoms with Crippen LogP contribution in [0.3, 0.4) is 0 Å². The Morgan fingerprint density at radius 1 is 0.791 bits per heavy atom. The average molecular weight is 588 g/mol. The second-order valence-corrected chi connectivity index (χ2v) is 14.3. The van der Waals surface area contributed by atoms with Gasteiger partial charge in [-0.2, -0.15) is 0 Å². The molecular weight excluding hydrogens is 538 g/mol. The second-order valence-electron chi connectivity index (χ2n) is 14.3. The van der Waals surface area contributed by atoms with Gasteiger partial charge in [-0.15, -0.1) is 0 Å². The highest BCUT2D eigenvalue weighted by Crippen LogP contribution is 2.55. The zero-order chi connectivity index (χ0) is 29.2. The number of nitrogens with zero attached hydrogens (tertiary/aromatic N) is 1. The maximum atomic E-state index is 13.1. The predicted octanol–water partition coefficient (Wildman–Crippen LogP) is 7.08. The van der Waals surface area contributed by atoms with E-state index in [1.165, 1.54) is 51.4 Å². The summed E-state index contributed by atoms with van der Waals surface area (Å²) in [7, 11) is 0. The normalized spacial score (nSPS) is 34.3. The molecule has 232 valence electrons. The number of hydrogen-bond donors (Lipinski definition) is 3. The number of aliphatic hydroxyl groups excluding tert-OH is 1. The molecule has 4 saturated carbocycles. The lowest BCUT2D eigenvalue weighted by Gasteiger charge is -2.56. The topological polar surface area (TPSA) is 83.1 Å². The molecule has 3 atom stereocenters. The van der Waals surface area contributed by atoms with Crippen LogP contribution in [0.25, 0.3) is 0 Å². The largest absolute Gasteiger partial charge is 0.392 e. The van der Waals surface area contributed by atoms with E-state index in [9.17, 15) is 9.90 Å². The van der Waals surface area contributed by atoms with Crippen molar-refractivity contribution in [2.45, 2.75) is 108 Å². The molecule has 3 N–H and O–H groups in total. The van der Waals surface area contributed by atoms with Crippen LogP contribution in [-0.4, -0.2) is 47.3 Å². The van der Waals surface area contributed by atoms with Crippen molar-refractivity contribution < 1.29 is 19.4 Å². The molecule has 6 fully saturated rings. The van der Waals surface area contributed by atoms with Gasteiger partial charge in [-0.3, -0.25) is 0 Å². The number of benzene rings is 2. The van der Waals surface area contributed by atoms with Gasteiger partial charge < -0.3 is 30.1 Å². The molecule has 2 aromatic rings. The second kappa shape index (κ2) is 12.9. The van der Waals surface area contributed by atoms with E-state index in [0.29, 0.717) is 0 Å². The number of urea groups is 1. The van der Waals surface area contributed by atoms with Crippen molar-refractivity contribution in [2.24, 2.45) is 17.8 Å². The summed E-state index contributed by atoms with van der Waals surface area (Å²) >= 11 is 0. The van der Waals surface area contributed by atoms with Gasteiger partial charge in [0.1, 0.15) is 0 Å². The summed E-state index contributed by atoms with van der Waals surface area (Å²) in [5, 5.41) is 16.0. The summed E-state index contributed by atoms with van der Waals surface area (Å²) in [4.78, 5) is 15.7. The van der Waals surface area contributed by atoms with Gasteiger partial charge in [-0.1, -0.05) is 55.7 Å². The number of aliphatic hydroxyl groups is 1. The van der Waals surface area contributed by atoms with Crippen molar-refractivity contribution in [3.05, 3.63) is 65.2 Å². The third-order valence-corrected chi connectivity index (χ3v) is 10.9. The summed E-state index contributed by atoms with van der Waals surface area (Å²) in [6, 6.07) is 16.0. The summed E-state index contributed by atoms with van der Waals surface area (Å²) in [6.07, 6.45) is 14.3. The molecule has 0 spiro atoms. The number of anilines is 1. The number of amides is 2. The molecule has 0 radical (unpaired) electrons. The minimum absolute atomic E-state index is 0.00550. The van der Waals surface area contributed by atoms with E-state index in [-0.39, 0.29) is 30.4 Å². The first-order valence-electron chi connectivity index (χ1n) is 16.9. The maximum absolute atomic E-state index is 13.1. The minimum atomic E-state index is -0.481. The standard InChI is InChI=1S/C36H49N3O4/c40-24-25-6-8-29(9-7-25)33-19-32(23-39-14-4-2-1-3-5-15-39)42-34(43-33)30-10-12-31(13-11-30)37-35(41)38-36-20-26-16-27(21-36)18-28(17-26)22-36/h6-13,26-28,32-34,40H,1-5,14-24H2,(H2,37,38,41)/t26?,27?,28?,32-,33+,34+,36?/m1/s1. The van der Waals surface area contributed by atoms with Gasteiger partial charge in [0.25, 0.3) is 0 Å². The van der Waals surface area contributed by atoms with Crippen LogP contribution < -0.4 is 10.6 Å². The molecule has 0 unspecified atom stereocenters. The number of likely N-dealkylation sites (tertiary alicyclic amines) is 1. The molecule has 8 rings (SSSR count). The molecule has 2 heterocycles. The van der Waals surface area contributed by atoms with Crippen molar-refractivity contribution >= 4 is 11.7 Å². The predicted molar refractivity (Wildman–Crippen MR) is 167 cm³/mol. The van der Waals surface area contributed by atoms with Gasteiger partial charge in [0.15, 0.2) is 6.29 Å². The van der Waals surface area contributed by atoms with Crippen molar-refractivity contribution in [1.82, 2.24) is 10.2 Å². The number of carbonyl (C=O) groups excluding carboxylic acids is 1. The first kappa shape index (κ1) is 29.3. The van der Waals surface area contributed by atoms with Gasteiger partial charge in [0, 0.05) is 29.8 Å². The third kappa shape index (κ3) is 6.95. The SMILES string of the molecule is O=C(Nc1ccc([C@H]2O[C@@H](CN3CCCCCCC3)C[C@@H](c3ccc(CO)cc3)O2)cc1)NC12CC3CC(CC(C3)C1)C2. The minimum Gasteiger partial charge on any atom is -0.392 e. The van der Waals surface area contributed by atoms with Crippen LogP contribution in [0, 0.1) is 17.8 Å². The van der Waals surface area contributed by atoms with E-state index in [1.54, 1.807) is 0 Å². The molecule has 7 heteroatoms. The Labute approximate surface area is 256 Å². The lowest BCUT2D eigenvalue weighted by atomic mass is 9.53. The quantitative estimate of drug-likeness (QED) is 0.322. The molecule has 0 aromatic heterocycles. The molecule has 6 aliphatic rings. The highest BCUT2D eigenvalue weighted by atomic mass is 16.7. The van der Waals surface area contributed by atoms with E-state index in [0.717, 1.165) is 85.4 Å². The fraction of sp³-hybridized carbons (Fsp3) is 0.639. The molecule has 2 aromatic carbocycles. The van der Waals surface area contributed by atoms with Gasteiger partial charge in [-0.25, -0.2) is 4.79 Å². The molecule has 2 saturated heterocycles. The van der Waals surface area contributed by atoms with Gasteiger partial charge in [0.05, 0.1) is 18.8 Å². The highest BCUT2D eigenvalue weighted by molar-refractivity contribution is 5.89. The van der Waals surface area contributed by atoms with Crippen LogP contribution in [0.15, 0.2) is 48.5 Å². The Morgan fingerprint density at radius 3 is 2.02 bits per heavy atom. The van der Waals surface area contributed by atoms with Crippen molar-refractivity contribution in [1.29, 1.82) is 0 Å². The number of ether oxygens (including phenoxy) is 2. The van der Waals surface area contributed by atoms with E-state index in [1.807, 2.05) is 36.4 Å². The molecule has 7 nitrogen and oxygen atoms in total. The molecule has 2 amide bonds. The fourth-order valence-electron chi connectivity index (χ4n) is 9.21. The first-order valence-corrected chi connectivity index (χ1v) is 16.9. The molecular formula is C36H49N3O4.